The average molecular weight is 435 g/mol. The summed E-state index contributed by atoms with van der Waals surface area (Å²) in [5, 5.41) is 0. The molecule has 1 N–H and O–H groups in total. The Labute approximate surface area is 176 Å². The number of ether oxygens (including phenoxy) is 4. The lowest BCUT2D eigenvalue weighted by Crippen LogP contribution is -2.36. The highest BCUT2D eigenvalue weighted by molar-refractivity contribution is 7.89. The van der Waals surface area contributed by atoms with Crippen LogP contribution in [0.4, 0.5) is 0 Å². The summed E-state index contributed by atoms with van der Waals surface area (Å²) >= 11 is 0. The van der Waals surface area contributed by atoms with Gasteiger partial charge < -0.3 is 18.9 Å². The van der Waals surface area contributed by atoms with Gasteiger partial charge in [-0.25, -0.2) is 13.1 Å². The molecular weight excluding hydrogens is 408 g/mol. The number of nitrogens with one attached hydrogen (secondary N) is 1. The molecule has 0 spiro atoms. The van der Waals surface area contributed by atoms with Gasteiger partial charge in [-0.1, -0.05) is 6.07 Å². The van der Waals surface area contributed by atoms with Crippen LogP contribution in [0, 0.1) is 0 Å². The third kappa shape index (κ3) is 4.19. The quantitative estimate of drug-likeness (QED) is 0.683. The molecular formula is C21H26N2O6S. The van der Waals surface area contributed by atoms with Gasteiger partial charge in [-0.2, -0.15) is 0 Å². The van der Waals surface area contributed by atoms with Gasteiger partial charge in [-0.3, -0.25) is 4.90 Å². The minimum absolute atomic E-state index is 0.0802. The molecule has 2 aromatic carbocycles. The van der Waals surface area contributed by atoms with Gasteiger partial charge in [0, 0.05) is 18.7 Å². The first-order valence-electron chi connectivity index (χ1n) is 9.87. The van der Waals surface area contributed by atoms with Crippen LogP contribution in [0.5, 0.6) is 23.0 Å². The first kappa shape index (κ1) is 20.8. The van der Waals surface area contributed by atoms with E-state index in [1.54, 1.807) is 12.1 Å². The smallest absolute Gasteiger partial charge is 0.244 e. The number of fused-ring (bicyclic) bond motifs is 1. The van der Waals surface area contributed by atoms with Crippen molar-refractivity contribution < 1.29 is 27.4 Å². The van der Waals surface area contributed by atoms with E-state index in [-0.39, 0.29) is 30.0 Å². The Bertz CT molecular complexity index is 1000. The third-order valence-electron chi connectivity index (χ3n) is 5.49. The predicted molar refractivity (Wildman–Crippen MR) is 111 cm³/mol. The molecule has 30 heavy (non-hydrogen) atoms. The fourth-order valence-corrected chi connectivity index (χ4v) is 5.08. The summed E-state index contributed by atoms with van der Waals surface area (Å²) in [6, 6.07) is 10.3. The van der Waals surface area contributed by atoms with Crippen LogP contribution in [0.25, 0.3) is 0 Å². The van der Waals surface area contributed by atoms with E-state index in [0.717, 1.165) is 31.5 Å². The molecule has 0 saturated carbocycles. The van der Waals surface area contributed by atoms with E-state index >= 15 is 0 Å². The number of rotatable bonds is 8. The van der Waals surface area contributed by atoms with Crippen LogP contribution in [0.1, 0.15) is 24.4 Å². The normalized spacial score (nSPS) is 17.1. The second kappa shape index (κ2) is 8.71. The fourth-order valence-electron chi connectivity index (χ4n) is 3.89. The van der Waals surface area contributed by atoms with Gasteiger partial charge in [-0.15, -0.1) is 0 Å². The summed E-state index contributed by atoms with van der Waals surface area (Å²) in [7, 11) is -0.826. The Balaban J connectivity index is 1.58. The summed E-state index contributed by atoms with van der Waals surface area (Å²) in [4.78, 5) is 2.38. The van der Waals surface area contributed by atoms with Gasteiger partial charge in [0.1, 0.15) is 16.4 Å². The number of likely N-dealkylation sites (tertiary alicyclic amines) is 1. The lowest BCUT2D eigenvalue weighted by molar-refractivity contribution is 0.173. The van der Waals surface area contributed by atoms with Crippen LogP contribution in [0.2, 0.25) is 0 Å². The highest BCUT2D eigenvalue weighted by Crippen LogP contribution is 2.36. The first-order chi connectivity index (χ1) is 14.5. The van der Waals surface area contributed by atoms with Crippen molar-refractivity contribution in [1.29, 1.82) is 0 Å². The van der Waals surface area contributed by atoms with Crippen molar-refractivity contribution in [3.05, 3.63) is 42.0 Å². The molecule has 0 aromatic heterocycles. The average Bonchev–Trinajstić information content (AvgIpc) is 3.45. The van der Waals surface area contributed by atoms with E-state index in [9.17, 15) is 8.42 Å². The number of nitrogens with zero attached hydrogens (tertiary/aromatic N) is 1. The molecule has 0 aliphatic carbocycles. The van der Waals surface area contributed by atoms with Crippen LogP contribution >= 0.6 is 0 Å². The molecule has 2 aromatic rings. The van der Waals surface area contributed by atoms with Gasteiger partial charge in [0.2, 0.25) is 16.8 Å². The standard InChI is InChI=1S/C21H26N2O6S/c1-26-16-6-8-21(20(12-16)27-2)30(24,25)22-13-17(23-9-3-4-10-23)15-5-7-18-19(11-15)29-14-28-18/h5-8,11-12,17,22H,3-4,9-10,13-14H2,1-2H3/t17-/m1/s1. The molecule has 8 nitrogen and oxygen atoms in total. The van der Waals surface area contributed by atoms with Crippen molar-refractivity contribution in [2.24, 2.45) is 0 Å². The van der Waals surface area contributed by atoms with Crippen molar-refractivity contribution >= 4 is 10.0 Å². The maximum atomic E-state index is 13.1. The maximum Gasteiger partial charge on any atom is 0.244 e. The lowest BCUT2D eigenvalue weighted by Gasteiger charge is -2.28. The third-order valence-corrected chi connectivity index (χ3v) is 6.95. The molecule has 162 valence electrons. The molecule has 0 amide bonds. The Morgan fingerprint density at radius 1 is 1.03 bits per heavy atom. The van der Waals surface area contributed by atoms with Crippen LogP contribution in [0.3, 0.4) is 0 Å². The van der Waals surface area contributed by atoms with E-state index in [4.69, 9.17) is 18.9 Å². The first-order valence-corrected chi connectivity index (χ1v) is 11.4. The molecule has 0 unspecified atom stereocenters. The lowest BCUT2D eigenvalue weighted by atomic mass is 10.1. The Hall–Kier alpha value is -2.49. The van der Waals surface area contributed by atoms with Gasteiger partial charge in [-0.05, 0) is 55.8 Å². The Morgan fingerprint density at radius 2 is 1.80 bits per heavy atom. The van der Waals surface area contributed by atoms with Crippen molar-refractivity contribution in [3.8, 4) is 23.0 Å². The van der Waals surface area contributed by atoms with E-state index in [1.807, 2.05) is 18.2 Å². The van der Waals surface area contributed by atoms with Gasteiger partial charge in [0.25, 0.3) is 0 Å². The fraction of sp³-hybridized carbons (Fsp3) is 0.429. The van der Waals surface area contributed by atoms with Gasteiger partial charge >= 0.3 is 0 Å². The van der Waals surface area contributed by atoms with Crippen molar-refractivity contribution in [1.82, 2.24) is 9.62 Å². The highest BCUT2D eigenvalue weighted by atomic mass is 32.2. The Morgan fingerprint density at radius 3 is 2.53 bits per heavy atom. The summed E-state index contributed by atoms with van der Waals surface area (Å²) in [5.74, 6) is 2.17. The summed E-state index contributed by atoms with van der Waals surface area (Å²) in [6.45, 7) is 2.29. The zero-order valence-corrected chi connectivity index (χ0v) is 17.9. The minimum atomic E-state index is -3.79. The predicted octanol–water partition coefficient (Wildman–Crippen LogP) is 2.55. The van der Waals surface area contributed by atoms with Crippen molar-refractivity contribution in [2.45, 2.75) is 23.8 Å². The molecule has 2 aliphatic rings. The van der Waals surface area contributed by atoms with Crippen LogP contribution in [-0.2, 0) is 10.0 Å². The molecule has 0 bridgehead atoms. The molecule has 9 heteroatoms. The van der Waals surface area contributed by atoms with Crippen LogP contribution < -0.4 is 23.7 Å². The SMILES string of the molecule is COc1ccc(S(=O)(=O)NC[C@H](c2ccc3c(c2)OCO3)N2CCCC2)c(OC)c1. The molecule has 2 aliphatic heterocycles. The van der Waals surface area contributed by atoms with Gasteiger partial charge in [0.05, 0.1) is 14.2 Å². The summed E-state index contributed by atoms with van der Waals surface area (Å²) < 4.78 is 50.2. The van der Waals surface area contributed by atoms with E-state index in [2.05, 4.69) is 9.62 Å². The zero-order valence-electron chi connectivity index (χ0n) is 17.1. The summed E-state index contributed by atoms with van der Waals surface area (Å²) in [6.07, 6.45) is 2.19. The summed E-state index contributed by atoms with van der Waals surface area (Å²) in [5.41, 5.74) is 0.991. The molecule has 2 heterocycles. The molecule has 4 rings (SSSR count). The van der Waals surface area contributed by atoms with Crippen molar-refractivity contribution in [2.75, 3.05) is 40.6 Å². The molecule has 1 atom stereocenters. The van der Waals surface area contributed by atoms with E-state index < -0.39 is 10.0 Å². The number of hydrogen-bond donors (Lipinski definition) is 1. The van der Waals surface area contributed by atoms with Crippen LogP contribution in [-0.4, -0.2) is 54.0 Å². The minimum Gasteiger partial charge on any atom is -0.497 e. The zero-order chi connectivity index (χ0) is 21.1. The monoisotopic (exact) mass is 434 g/mol. The number of benzene rings is 2. The topological polar surface area (TPSA) is 86.3 Å². The second-order valence-corrected chi connectivity index (χ2v) is 8.98. The maximum absolute atomic E-state index is 13.1. The number of sulfonamides is 1. The molecule has 0 radical (unpaired) electrons. The highest BCUT2D eigenvalue weighted by Gasteiger charge is 2.28. The second-order valence-electron chi connectivity index (χ2n) is 7.24. The van der Waals surface area contributed by atoms with Crippen LogP contribution in [0.15, 0.2) is 41.3 Å². The largest absolute Gasteiger partial charge is 0.497 e. The Kier molecular flexibility index (Phi) is 6.03. The number of methoxy groups -OCH3 is 2. The number of hydrogen-bond acceptors (Lipinski definition) is 7. The van der Waals surface area contributed by atoms with E-state index in [0.29, 0.717) is 17.2 Å². The van der Waals surface area contributed by atoms with Gasteiger partial charge in [0.15, 0.2) is 11.5 Å². The van der Waals surface area contributed by atoms with E-state index in [1.165, 1.54) is 20.3 Å². The molecule has 1 fully saturated rings. The van der Waals surface area contributed by atoms with Crippen molar-refractivity contribution in [3.63, 3.8) is 0 Å². The molecule has 1 saturated heterocycles.